The third-order valence-corrected chi connectivity index (χ3v) is 2.33. The normalized spacial score (nSPS) is 9.88. The highest BCUT2D eigenvalue weighted by Crippen LogP contribution is 2.21. The van der Waals surface area contributed by atoms with Crippen LogP contribution in [0.1, 0.15) is 12.8 Å². The number of hydrogen-bond acceptors (Lipinski definition) is 5. The summed E-state index contributed by atoms with van der Waals surface area (Å²) in [5.74, 6) is 0.619. The summed E-state index contributed by atoms with van der Waals surface area (Å²) in [4.78, 5) is 18.6. The summed E-state index contributed by atoms with van der Waals surface area (Å²) < 4.78 is 5.71. The van der Waals surface area contributed by atoms with E-state index in [1.165, 1.54) is 7.11 Å². The first kappa shape index (κ1) is 12.7. The first-order chi connectivity index (χ1) is 7.63. The summed E-state index contributed by atoms with van der Waals surface area (Å²) in [7, 11) is 1.53. The molecule has 0 spiro atoms. The fourth-order valence-corrected chi connectivity index (χ4v) is 1.40. The molecule has 3 N–H and O–H groups in total. The molecule has 1 amide bonds. The van der Waals surface area contributed by atoms with Crippen LogP contribution in [0.2, 0.25) is 0 Å². The van der Waals surface area contributed by atoms with Gasteiger partial charge in [-0.15, -0.1) is 0 Å². The number of nitrogens with zero attached hydrogens (tertiary/aromatic N) is 2. The van der Waals surface area contributed by atoms with Crippen molar-refractivity contribution in [3.8, 4) is 5.88 Å². The summed E-state index contributed by atoms with van der Waals surface area (Å²) >= 11 is 3.25. The monoisotopic (exact) mass is 288 g/mol. The Kier molecular flexibility index (Phi) is 4.97. The molecule has 88 valence electrons. The van der Waals surface area contributed by atoms with Crippen molar-refractivity contribution >= 4 is 27.8 Å². The van der Waals surface area contributed by atoms with Crippen LogP contribution >= 0.6 is 15.9 Å². The molecule has 6 nitrogen and oxygen atoms in total. The molecule has 0 saturated carbocycles. The van der Waals surface area contributed by atoms with Crippen LogP contribution in [-0.4, -0.2) is 29.5 Å². The summed E-state index contributed by atoms with van der Waals surface area (Å²) in [6, 6.07) is 0. The van der Waals surface area contributed by atoms with Gasteiger partial charge in [-0.1, -0.05) is 0 Å². The van der Waals surface area contributed by atoms with Gasteiger partial charge in [0.15, 0.2) is 0 Å². The number of aromatic nitrogens is 2. The number of hydrogen-bond donors (Lipinski definition) is 2. The molecule has 0 aliphatic heterocycles. The van der Waals surface area contributed by atoms with Gasteiger partial charge >= 0.3 is 0 Å². The zero-order valence-corrected chi connectivity index (χ0v) is 10.5. The topological polar surface area (TPSA) is 90.1 Å². The van der Waals surface area contributed by atoms with E-state index >= 15 is 0 Å². The number of nitrogens with one attached hydrogen (secondary N) is 1. The number of primary amides is 1. The maximum absolute atomic E-state index is 10.5. The molecule has 0 fully saturated rings. The van der Waals surface area contributed by atoms with Gasteiger partial charge in [0.25, 0.3) is 0 Å². The summed E-state index contributed by atoms with van der Waals surface area (Å²) in [6.45, 7) is 0.591. The molecule has 0 aliphatic rings. The van der Waals surface area contributed by atoms with Crippen molar-refractivity contribution in [2.75, 3.05) is 19.0 Å². The molecule has 0 radical (unpaired) electrons. The average molecular weight is 289 g/mol. The Bertz CT molecular complexity index is 373. The SMILES string of the molecule is COc1nc(NCCCC(N)=O)ncc1Br. The average Bonchev–Trinajstić information content (AvgIpc) is 2.26. The molecular formula is C9H13BrN4O2. The van der Waals surface area contributed by atoms with E-state index in [1.54, 1.807) is 6.20 Å². The second-order valence-corrected chi connectivity index (χ2v) is 3.90. The molecule has 0 unspecified atom stereocenters. The van der Waals surface area contributed by atoms with Gasteiger partial charge in [-0.25, -0.2) is 4.98 Å². The first-order valence-electron chi connectivity index (χ1n) is 4.72. The molecule has 0 bridgehead atoms. The maximum atomic E-state index is 10.5. The molecule has 0 aliphatic carbocycles. The Labute approximate surface area is 102 Å². The lowest BCUT2D eigenvalue weighted by atomic mass is 10.3. The highest BCUT2D eigenvalue weighted by molar-refractivity contribution is 9.10. The number of nitrogens with two attached hydrogens (primary N) is 1. The van der Waals surface area contributed by atoms with Crippen LogP contribution in [0.5, 0.6) is 5.88 Å². The third kappa shape index (κ3) is 4.01. The third-order valence-electron chi connectivity index (χ3n) is 1.79. The maximum Gasteiger partial charge on any atom is 0.232 e. The van der Waals surface area contributed by atoms with Crippen molar-refractivity contribution < 1.29 is 9.53 Å². The van der Waals surface area contributed by atoms with Crippen molar-refractivity contribution in [1.29, 1.82) is 0 Å². The number of carbonyl (C=O) groups excluding carboxylic acids is 1. The lowest BCUT2D eigenvalue weighted by Gasteiger charge is -2.06. The molecule has 1 rings (SSSR count). The second-order valence-electron chi connectivity index (χ2n) is 3.05. The minimum absolute atomic E-state index is 0.309. The van der Waals surface area contributed by atoms with Crippen LogP contribution in [0.3, 0.4) is 0 Å². The Morgan fingerprint density at radius 2 is 2.44 bits per heavy atom. The van der Waals surface area contributed by atoms with Crippen LogP contribution in [-0.2, 0) is 4.79 Å². The number of rotatable bonds is 6. The molecule has 7 heteroatoms. The van der Waals surface area contributed by atoms with Gasteiger partial charge in [-0.3, -0.25) is 4.79 Å². The van der Waals surface area contributed by atoms with E-state index in [1.807, 2.05) is 0 Å². The summed E-state index contributed by atoms with van der Waals surface area (Å²) in [5.41, 5.74) is 5.01. The van der Waals surface area contributed by atoms with Crippen molar-refractivity contribution in [3.05, 3.63) is 10.7 Å². The zero-order valence-electron chi connectivity index (χ0n) is 8.86. The fourth-order valence-electron chi connectivity index (χ4n) is 1.04. The molecule has 0 atom stereocenters. The number of halogens is 1. The van der Waals surface area contributed by atoms with Gasteiger partial charge < -0.3 is 15.8 Å². The lowest BCUT2D eigenvalue weighted by molar-refractivity contribution is -0.118. The van der Waals surface area contributed by atoms with E-state index in [2.05, 4.69) is 31.2 Å². The predicted molar refractivity (Wildman–Crippen MR) is 63.2 cm³/mol. The Balaban J connectivity index is 2.45. The molecular weight excluding hydrogens is 276 g/mol. The fraction of sp³-hybridized carbons (Fsp3) is 0.444. The van der Waals surface area contributed by atoms with Gasteiger partial charge in [0.05, 0.1) is 17.8 Å². The molecule has 0 aromatic carbocycles. The van der Waals surface area contributed by atoms with Gasteiger partial charge in [0.2, 0.25) is 17.7 Å². The van der Waals surface area contributed by atoms with E-state index < -0.39 is 0 Å². The van der Waals surface area contributed by atoms with Gasteiger partial charge in [0, 0.05) is 13.0 Å². The standard InChI is InChI=1S/C9H13BrN4O2/c1-16-8-6(10)5-13-9(14-8)12-4-2-3-7(11)15/h5H,2-4H2,1H3,(H2,11,15)(H,12,13,14). The van der Waals surface area contributed by atoms with Crippen LogP contribution in [0.25, 0.3) is 0 Å². The van der Waals surface area contributed by atoms with Crippen LogP contribution in [0.4, 0.5) is 5.95 Å². The number of methoxy groups -OCH3 is 1. The number of amides is 1. The Hall–Kier alpha value is -1.37. The van der Waals surface area contributed by atoms with Crippen LogP contribution in [0, 0.1) is 0 Å². The van der Waals surface area contributed by atoms with E-state index in [0.29, 0.717) is 35.7 Å². The molecule has 0 saturated heterocycles. The van der Waals surface area contributed by atoms with Crippen LogP contribution in [0.15, 0.2) is 10.7 Å². The van der Waals surface area contributed by atoms with Crippen molar-refractivity contribution in [2.24, 2.45) is 5.73 Å². The second kappa shape index (κ2) is 6.26. The first-order valence-corrected chi connectivity index (χ1v) is 5.51. The summed E-state index contributed by atoms with van der Waals surface area (Å²) in [5, 5.41) is 2.97. The van der Waals surface area contributed by atoms with Crippen molar-refractivity contribution in [3.63, 3.8) is 0 Å². The van der Waals surface area contributed by atoms with Crippen LogP contribution < -0.4 is 15.8 Å². The highest BCUT2D eigenvalue weighted by atomic mass is 79.9. The van der Waals surface area contributed by atoms with Gasteiger partial charge in [-0.05, 0) is 22.4 Å². The van der Waals surface area contributed by atoms with Crippen molar-refractivity contribution in [1.82, 2.24) is 9.97 Å². The zero-order chi connectivity index (χ0) is 12.0. The lowest BCUT2D eigenvalue weighted by Crippen LogP contribution is -2.13. The summed E-state index contributed by atoms with van der Waals surface area (Å²) in [6.07, 6.45) is 2.60. The quantitative estimate of drug-likeness (QED) is 0.760. The number of carbonyl (C=O) groups is 1. The van der Waals surface area contributed by atoms with Gasteiger partial charge in [0.1, 0.15) is 0 Å². The van der Waals surface area contributed by atoms with E-state index in [-0.39, 0.29) is 5.91 Å². The Morgan fingerprint density at radius 1 is 1.69 bits per heavy atom. The highest BCUT2D eigenvalue weighted by Gasteiger charge is 2.04. The predicted octanol–water partition coefficient (Wildman–Crippen LogP) is 0.925. The minimum Gasteiger partial charge on any atom is -0.480 e. The molecule has 16 heavy (non-hydrogen) atoms. The molecule has 1 heterocycles. The largest absolute Gasteiger partial charge is 0.480 e. The Morgan fingerprint density at radius 3 is 3.06 bits per heavy atom. The van der Waals surface area contributed by atoms with E-state index in [4.69, 9.17) is 10.5 Å². The molecule has 1 aromatic rings. The number of ether oxygens (including phenoxy) is 1. The van der Waals surface area contributed by atoms with Gasteiger partial charge in [-0.2, -0.15) is 4.98 Å². The van der Waals surface area contributed by atoms with E-state index in [0.717, 1.165) is 0 Å². The number of anilines is 1. The van der Waals surface area contributed by atoms with Crippen molar-refractivity contribution in [2.45, 2.75) is 12.8 Å². The van der Waals surface area contributed by atoms with E-state index in [9.17, 15) is 4.79 Å². The molecule has 1 aromatic heterocycles. The minimum atomic E-state index is -0.309. The smallest absolute Gasteiger partial charge is 0.232 e.